The summed E-state index contributed by atoms with van der Waals surface area (Å²) in [7, 11) is 0. The van der Waals surface area contributed by atoms with Gasteiger partial charge in [-0.3, -0.25) is 0 Å². The molecule has 1 aromatic heterocycles. The molecule has 1 heterocycles. The van der Waals surface area contributed by atoms with Gasteiger partial charge in [0.15, 0.2) is 5.82 Å². The molecule has 7 nitrogen and oxygen atoms in total. The third-order valence-electron chi connectivity index (χ3n) is 3.34. The van der Waals surface area contributed by atoms with Crippen LogP contribution in [0.5, 0.6) is 0 Å². The lowest BCUT2D eigenvalue weighted by Crippen LogP contribution is -2.45. The summed E-state index contributed by atoms with van der Waals surface area (Å²) in [5.41, 5.74) is 0.223. The number of hydrogen-bond donors (Lipinski definition) is 3. The van der Waals surface area contributed by atoms with Gasteiger partial charge >= 0.3 is 6.03 Å². The van der Waals surface area contributed by atoms with Gasteiger partial charge in [0, 0.05) is 12.5 Å². The van der Waals surface area contributed by atoms with Crippen molar-refractivity contribution in [1.29, 1.82) is 0 Å². The molecule has 124 valence electrons. The molecule has 0 saturated heterocycles. The fourth-order valence-corrected chi connectivity index (χ4v) is 2.06. The summed E-state index contributed by atoms with van der Waals surface area (Å²) in [4.78, 5) is 16.2. The monoisotopic (exact) mass is 322 g/mol. The molecule has 2 rings (SSSR count). The first-order valence-electron chi connectivity index (χ1n) is 7.27. The summed E-state index contributed by atoms with van der Waals surface area (Å²) < 4.78 is 19.0. The number of carbonyl (C=O) groups excluding carboxylic acids is 1. The molecule has 2 unspecified atom stereocenters. The molecule has 2 aromatic rings. The summed E-state index contributed by atoms with van der Waals surface area (Å²) in [5, 5.41) is 18.1. The van der Waals surface area contributed by atoms with Gasteiger partial charge in [-0.15, -0.1) is 0 Å². The van der Waals surface area contributed by atoms with Gasteiger partial charge in [0.1, 0.15) is 11.9 Å². The van der Waals surface area contributed by atoms with Gasteiger partial charge in [0.2, 0.25) is 5.89 Å². The van der Waals surface area contributed by atoms with Gasteiger partial charge in [-0.1, -0.05) is 30.3 Å². The lowest BCUT2D eigenvalue weighted by molar-refractivity contribution is 0.212. The molecule has 8 heteroatoms. The van der Waals surface area contributed by atoms with E-state index >= 15 is 0 Å². The average molecular weight is 322 g/mol. The second-order valence-electron chi connectivity index (χ2n) is 5.03. The number of amides is 2. The normalized spacial score (nSPS) is 13.4. The van der Waals surface area contributed by atoms with Crippen LogP contribution in [0.2, 0.25) is 0 Å². The van der Waals surface area contributed by atoms with Gasteiger partial charge in [-0.2, -0.15) is 4.98 Å². The summed E-state index contributed by atoms with van der Waals surface area (Å²) >= 11 is 0. The molecule has 0 spiro atoms. The standard InChI is InChI=1S/C15H19FN4O3/c1-3-10(8-21)18-15(22)19-13(14-17-9(2)23-20-14)11-6-4-5-7-12(11)16/h4-7,10,13,21H,3,8H2,1-2H3,(H2,18,19,22). The van der Waals surface area contributed by atoms with Crippen molar-refractivity contribution >= 4 is 6.03 Å². The second kappa shape index (κ2) is 7.68. The molecule has 0 saturated carbocycles. The Morgan fingerprint density at radius 1 is 1.39 bits per heavy atom. The van der Waals surface area contributed by atoms with Crippen LogP contribution < -0.4 is 10.6 Å². The number of halogens is 1. The van der Waals surface area contributed by atoms with Crippen molar-refractivity contribution in [3.8, 4) is 0 Å². The number of benzene rings is 1. The smallest absolute Gasteiger partial charge is 0.315 e. The van der Waals surface area contributed by atoms with E-state index in [1.54, 1.807) is 19.1 Å². The molecule has 0 bridgehead atoms. The van der Waals surface area contributed by atoms with Crippen molar-refractivity contribution < 1.29 is 18.8 Å². The number of carbonyl (C=O) groups is 1. The van der Waals surface area contributed by atoms with E-state index in [9.17, 15) is 9.18 Å². The van der Waals surface area contributed by atoms with E-state index in [2.05, 4.69) is 20.8 Å². The number of aliphatic hydroxyl groups is 1. The van der Waals surface area contributed by atoms with E-state index in [-0.39, 0.29) is 24.0 Å². The molecule has 0 aliphatic carbocycles. The van der Waals surface area contributed by atoms with Crippen LogP contribution in [0.15, 0.2) is 28.8 Å². The Morgan fingerprint density at radius 2 is 2.13 bits per heavy atom. The molecule has 0 aliphatic heterocycles. The fourth-order valence-electron chi connectivity index (χ4n) is 2.06. The highest BCUT2D eigenvalue weighted by molar-refractivity contribution is 5.75. The lowest BCUT2D eigenvalue weighted by Gasteiger charge is -2.20. The van der Waals surface area contributed by atoms with Crippen LogP contribution in [-0.4, -0.2) is 33.9 Å². The average Bonchev–Trinajstić information content (AvgIpc) is 2.97. The number of aromatic nitrogens is 2. The number of nitrogens with zero attached hydrogens (tertiary/aromatic N) is 2. The molecular formula is C15H19FN4O3. The highest BCUT2D eigenvalue weighted by Crippen LogP contribution is 2.22. The zero-order chi connectivity index (χ0) is 16.8. The van der Waals surface area contributed by atoms with Gasteiger partial charge in [-0.25, -0.2) is 9.18 Å². The number of urea groups is 1. The summed E-state index contributed by atoms with van der Waals surface area (Å²) in [6, 6.07) is 4.19. The highest BCUT2D eigenvalue weighted by Gasteiger charge is 2.25. The number of nitrogens with one attached hydrogen (secondary N) is 2. The molecule has 3 N–H and O–H groups in total. The maximum absolute atomic E-state index is 14.1. The Labute approximate surface area is 132 Å². The van der Waals surface area contributed by atoms with Gasteiger partial charge in [0.05, 0.1) is 12.6 Å². The Balaban J connectivity index is 2.25. The van der Waals surface area contributed by atoms with E-state index in [4.69, 9.17) is 9.63 Å². The maximum Gasteiger partial charge on any atom is 0.315 e. The van der Waals surface area contributed by atoms with Crippen LogP contribution in [0.4, 0.5) is 9.18 Å². The SMILES string of the molecule is CCC(CO)NC(=O)NC(c1noc(C)n1)c1ccccc1F. The molecule has 2 amide bonds. The Hall–Kier alpha value is -2.48. The van der Waals surface area contributed by atoms with Crippen molar-refractivity contribution in [3.05, 3.63) is 47.4 Å². The van der Waals surface area contributed by atoms with E-state index in [1.165, 1.54) is 12.1 Å². The zero-order valence-corrected chi connectivity index (χ0v) is 12.9. The predicted molar refractivity (Wildman–Crippen MR) is 80.1 cm³/mol. The molecule has 0 radical (unpaired) electrons. The van der Waals surface area contributed by atoms with Crippen LogP contribution in [0.3, 0.4) is 0 Å². The van der Waals surface area contributed by atoms with Crippen LogP contribution >= 0.6 is 0 Å². The first-order chi connectivity index (χ1) is 11.0. The van der Waals surface area contributed by atoms with E-state index in [0.29, 0.717) is 12.3 Å². The van der Waals surface area contributed by atoms with E-state index < -0.39 is 17.9 Å². The largest absolute Gasteiger partial charge is 0.394 e. The quantitative estimate of drug-likeness (QED) is 0.751. The molecule has 23 heavy (non-hydrogen) atoms. The summed E-state index contributed by atoms with van der Waals surface area (Å²) in [6.45, 7) is 3.25. The van der Waals surface area contributed by atoms with Gasteiger partial charge in [-0.05, 0) is 12.5 Å². The Morgan fingerprint density at radius 3 is 2.70 bits per heavy atom. The lowest BCUT2D eigenvalue weighted by atomic mass is 10.1. The fraction of sp³-hybridized carbons (Fsp3) is 0.400. The molecular weight excluding hydrogens is 303 g/mol. The van der Waals surface area contributed by atoms with Gasteiger partial charge < -0.3 is 20.3 Å². The third kappa shape index (κ3) is 4.26. The topological polar surface area (TPSA) is 100 Å². The second-order valence-corrected chi connectivity index (χ2v) is 5.03. The summed E-state index contributed by atoms with van der Waals surface area (Å²) in [6.07, 6.45) is 0.565. The number of aliphatic hydroxyl groups excluding tert-OH is 1. The molecule has 1 aromatic carbocycles. The van der Waals surface area contributed by atoms with Crippen molar-refractivity contribution in [2.75, 3.05) is 6.61 Å². The van der Waals surface area contributed by atoms with E-state index in [1.807, 2.05) is 6.92 Å². The molecule has 0 fully saturated rings. The Kier molecular flexibility index (Phi) is 5.64. The van der Waals surface area contributed by atoms with Crippen molar-refractivity contribution in [3.63, 3.8) is 0 Å². The molecule has 2 atom stereocenters. The van der Waals surface area contributed by atoms with Crippen LogP contribution in [0, 0.1) is 12.7 Å². The van der Waals surface area contributed by atoms with Crippen LogP contribution in [-0.2, 0) is 0 Å². The highest BCUT2D eigenvalue weighted by atomic mass is 19.1. The number of aryl methyl sites for hydroxylation is 1. The van der Waals surface area contributed by atoms with Crippen molar-refractivity contribution in [2.24, 2.45) is 0 Å². The minimum atomic E-state index is -0.898. The number of hydrogen-bond acceptors (Lipinski definition) is 5. The van der Waals surface area contributed by atoms with Crippen LogP contribution in [0.25, 0.3) is 0 Å². The zero-order valence-electron chi connectivity index (χ0n) is 12.9. The minimum Gasteiger partial charge on any atom is -0.394 e. The van der Waals surface area contributed by atoms with E-state index in [0.717, 1.165) is 0 Å². The maximum atomic E-state index is 14.1. The first kappa shape index (κ1) is 16.9. The van der Waals surface area contributed by atoms with Crippen molar-refractivity contribution in [1.82, 2.24) is 20.8 Å². The first-order valence-corrected chi connectivity index (χ1v) is 7.27. The number of rotatable bonds is 6. The van der Waals surface area contributed by atoms with Crippen LogP contribution in [0.1, 0.15) is 36.7 Å². The molecule has 0 aliphatic rings. The van der Waals surface area contributed by atoms with Gasteiger partial charge in [0.25, 0.3) is 0 Å². The van der Waals surface area contributed by atoms with Crippen molar-refractivity contribution in [2.45, 2.75) is 32.4 Å². The third-order valence-corrected chi connectivity index (χ3v) is 3.34. The Bertz CT molecular complexity index is 658. The predicted octanol–water partition coefficient (Wildman–Crippen LogP) is 1.68. The minimum absolute atomic E-state index is 0.153. The summed E-state index contributed by atoms with van der Waals surface area (Å²) in [5.74, 6) is -0.0282.